The Labute approximate surface area is 161 Å². The van der Waals surface area contributed by atoms with E-state index in [-0.39, 0.29) is 23.2 Å². The lowest BCUT2D eigenvalue weighted by atomic mass is 9.42. The molecule has 4 rings (SSSR count). The van der Waals surface area contributed by atoms with Gasteiger partial charge < -0.3 is 5.11 Å². The standard InChI is InChI=1S/C21H34O6/c1-12(22)15-4-5-16-14-10-18(26-24)21(27-25)11-13(23)6-9-20(21,3)17(14)7-8-19(15,16)2/h13-18,23-25H,4-11H2,1-3H3/t13?,14-,15+,16-,17-,18?,19+,20+,21?/m0/s1. The van der Waals surface area contributed by atoms with Crippen molar-refractivity contribution in [1.82, 2.24) is 0 Å². The number of ketones is 1. The molecule has 0 saturated heterocycles. The predicted molar refractivity (Wildman–Crippen MR) is 97.7 cm³/mol. The summed E-state index contributed by atoms with van der Waals surface area (Å²) in [5, 5.41) is 30.0. The molecule has 3 N–H and O–H groups in total. The molecule has 3 unspecified atom stereocenters. The number of hydrogen-bond donors (Lipinski definition) is 3. The molecule has 0 radical (unpaired) electrons. The highest BCUT2D eigenvalue weighted by molar-refractivity contribution is 5.79. The maximum atomic E-state index is 12.3. The lowest BCUT2D eigenvalue weighted by Crippen LogP contribution is -2.69. The molecule has 0 aromatic carbocycles. The van der Waals surface area contributed by atoms with Crippen molar-refractivity contribution in [2.45, 2.75) is 89.9 Å². The summed E-state index contributed by atoms with van der Waals surface area (Å²) in [4.78, 5) is 22.3. The first-order valence-corrected chi connectivity index (χ1v) is 10.5. The summed E-state index contributed by atoms with van der Waals surface area (Å²) in [6.07, 6.45) is 4.99. The maximum absolute atomic E-state index is 12.3. The molecule has 6 heteroatoms. The van der Waals surface area contributed by atoms with E-state index in [0.29, 0.717) is 36.4 Å². The molecule has 6 nitrogen and oxygen atoms in total. The number of hydrogen-bond acceptors (Lipinski definition) is 6. The van der Waals surface area contributed by atoms with Crippen LogP contribution in [0.5, 0.6) is 0 Å². The maximum Gasteiger partial charge on any atom is 0.140 e. The topological polar surface area (TPSA) is 96.2 Å². The van der Waals surface area contributed by atoms with Crippen LogP contribution in [0.4, 0.5) is 0 Å². The highest BCUT2D eigenvalue weighted by Gasteiger charge is 2.70. The second kappa shape index (κ2) is 6.49. The van der Waals surface area contributed by atoms with Crippen molar-refractivity contribution in [2.75, 3.05) is 0 Å². The summed E-state index contributed by atoms with van der Waals surface area (Å²) < 4.78 is 0. The van der Waals surface area contributed by atoms with Crippen LogP contribution in [0.2, 0.25) is 0 Å². The third-order valence-electron chi connectivity index (χ3n) is 9.55. The van der Waals surface area contributed by atoms with Gasteiger partial charge in [-0.25, -0.2) is 9.78 Å². The zero-order valence-electron chi connectivity index (χ0n) is 16.7. The first-order valence-electron chi connectivity index (χ1n) is 10.5. The van der Waals surface area contributed by atoms with Gasteiger partial charge in [-0.05, 0) is 75.0 Å². The Balaban J connectivity index is 1.73. The normalized spacial score (nSPS) is 54.7. The quantitative estimate of drug-likeness (QED) is 0.509. The Morgan fingerprint density at radius 1 is 1.04 bits per heavy atom. The van der Waals surface area contributed by atoms with E-state index in [4.69, 9.17) is 9.78 Å². The molecule has 4 fully saturated rings. The zero-order valence-corrected chi connectivity index (χ0v) is 16.7. The van der Waals surface area contributed by atoms with E-state index >= 15 is 0 Å². The molecule has 0 bridgehead atoms. The number of aliphatic hydroxyl groups is 1. The Hall–Kier alpha value is -0.530. The summed E-state index contributed by atoms with van der Waals surface area (Å²) in [5.74, 6) is 1.49. The first-order chi connectivity index (χ1) is 12.7. The van der Waals surface area contributed by atoms with Crippen molar-refractivity contribution >= 4 is 5.78 Å². The predicted octanol–water partition coefficient (Wildman–Crippen LogP) is 3.68. The van der Waals surface area contributed by atoms with Gasteiger partial charge in [0.15, 0.2) is 0 Å². The molecule has 0 aromatic heterocycles. The third kappa shape index (κ3) is 2.46. The van der Waals surface area contributed by atoms with Crippen LogP contribution in [-0.2, 0) is 14.6 Å². The van der Waals surface area contributed by atoms with Crippen molar-refractivity contribution in [3.05, 3.63) is 0 Å². The fourth-order valence-electron chi connectivity index (χ4n) is 8.20. The Kier molecular flexibility index (Phi) is 4.75. The summed E-state index contributed by atoms with van der Waals surface area (Å²) in [6, 6.07) is 0. The van der Waals surface area contributed by atoms with Crippen molar-refractivity contribution in [3.8, 4) is 0 Å². The van der Waals surface area contributed by atoms with E-state index in [1.54, 1.807) is 6.92 Å². The van der Waals surface area contributed by atoms with E-state index in [2.05, 4.69) is 13.8 Å². The van der Waals surface area contributed by atoms with Crippen LogP contribution in [0.1, 0.15) is 72.1 Å². The lowest BCUT2D eigenvalue weighted by molar-refractivity contribution is -0.446. The molecule has 0 heterocycles. The van der Waals surface area contributed by atoms with Crippen LogP contribution >= 0.6 is 0 Å². The number of carbonyl (C=O) groups excluding carboxylic acids is 1. The van der Waals surface area contributed by atoms with Gasteiger partial charge in [0.2, 0.25) is 0 Å². The monoisotopic (exact) mass is 382 g/mol. The highest BCUT2D eigenvalue weighted by atomic mass is 17.1. The fraction of sp³-hybridized carbons (Fsp3) is 0.952. The minimum atomic E-state index is -1.09. The second-order valence-corrected chi connectivity index (χ2v) is 10.3. The van der Waals surface area contributed by atoms with Gasteiger partial charge in [-0.1, -0.05) is 13.8 Å². The van der Waals surface area contributed by atoms with Gasteiger partial charge in [0.1, 0.15) is 17.5 Å². The molecule has 4 aliphatic carbocycles. The Morgan fingerprint density at radius 3 is 2.41 bits per heavy atom. The van der Waals surface area contributed by atoms with Gasteiger partial charge in [-0.2, -0.15) is 0 Å². The van der Waals surface area contributed by atoms with Crippen LogP contribution in [0.25, 0.3) is 0 Å². The average Bonchev–Trinajstić information content (AvgIpc) is 2.99. The number of fused-ring (bicyclic) bond motifs is 5. The third-order valence-corrected chi connectivity index (χ3v) is 9.55. The summed E-state index contributed by atoms with van der Waals surface area (Å²) in [7, 11) is 0. The van der Waals surface area contributed by atoms with Crippen LogP contribution in [-0.4, -0.2) is 39.2 Å². The van der Waals surface area contributed by atoms with Crippen LogP contribution < -0.4 is 0 Å². The second-order valence-electron chi connectivity index (χ2n) is 10.3. The van der Waals surface area contributed by atoms with Crippen LogP contribution in [0.15, 0.2) is 0 Å². The van der Waals surface area contributed by atoms with E-state index < -0.39 is 17.8 Å². The smallest absolute Gasteiger partial charge is 0.140 e. The Bertz CT molecular complexity index is 609. The van der Waals surface area contributed by atoms with Gasteiger partial charge in [0, 0.05) is 17.8 Å². The molecule has 4 aliphatic rings. The van der Waals surface area contributed by atoms with E-state index in [1.165, 1.54) is 0 Å². The zero-order chi connectivity index (χ0) is 19.6. The van der Waals surface area contributed by atoms with Crippen molar-refractivity contribution in [3.63, 3.8) is 0 Å². The van der Waals surface area contributed by atoms with Gasteiger partial charge >= 0.3 is 0 Å². The van der Waals surface area contributed by atoms with Gasteiger partial charge in [-0.3, -0.25) is 15.3 Å². The largest absolute Gasteiger partial charge is 0.393 e. The van der Waals surface area contributed by atoms with Gasteiger partial charge in [0.05, 0.1) is 6.10 Å². The molecule has 0 spiro atoms. The summed E-state index contributed by atoms with van der Waals surface area (Å²) in [5.41, 5.74) is -1.46. The van der Waals surface area contributed by atoms with Crippen molar-refractivity contribution in [2.24, 2.45) is 34.5 Å². The van der Waals surface area contributed by atoms with E-state index in [0.717, 1.165) is 32.1 Å². The average molecular weight is 382 g/mol. The van der Waals surface area contributed by atoms with Crippen LogP contribution in [0.3, 0.4) is 0 Å². The molecule has 0 amide bonds. The molecule has 0 aromatic rings. The Morgan fingerprint density at radius 2 is 1.78 bits per heavy atom. The molecular formula is C21H34O6. The SMILES string of the molecule is CC(=O)[C@H]1CC[C@H]2[C@@H]3CC(OO)C4(OO)CC(O)CC[C@]4(C)[C@H]3CC[C@]12C. The first kappa shape index (κ1) is 19.8. The number of rotatable bonds is 3. The summed E-state index contributed by atoms with van der Waals surface area (Å²) in [6.45, 7) is 6.14. The number of carbonyl (C=O) groups is 1. The molecule has 0 aliphatic heterocycles. The lowest BCUT2D eigenvalue weighted by Gasteiger charge is -2.65. The van der Waals surface area contributed by atoms with E-state index in [9.17, 15) is 20.4 Å². The minimum Gasteiger partial charge on any atom is -0.393 e. The fourth-order valence-corrected chi connectivity index (χ4v) is 8.20. The van der Waals surface area contributed by atoms with Crippen molar-refractivity contribution in [1.29, 1.82) is 0 Å². The van der Waals surface area contributed by atoms with Crippen molar-refractivity contribution < 1.29 is 30.2 Å². The molecule has 9 atom stereocenters. The molecule has 4 saturated carbocycles. The van der Waals surface area contributed by atoms with Crippen LogP contribution in [0, 0.1) is 34.5 Å². The van der Waals surface area contributed by atoms with E-state index in [1.807, 2.05) is 0 Å². The number of Topliss-reactive ketones (excluding diaryl/α,β-unsaturated/α-hetero) is 1. The van der Waals surface area contributed by atoms with Gasteiger partial charge in [-0.15, -0.1) is 0 Å². The number of aliphatic hydroxyl groups excluding tert-OH is 1. The molecular weight excluding hydrogens is 348 g/mol. The summed E-state index contributed by atoms with van der Waals surface area (Å²) >= 11 is 0. The van der Waals surface area contributed by atoms with Gasteiger partial charge in [0.25, 0.3) is 0 Å². The molecule has 27 heavy (non-hydrogen) atoms. The minimum absolute atomic E-state index is 0.0115. The highest BCUT2D eigenvalue weighted by Crippen LogP contribution is 2.69. The molecule has 154 valence electrons.